The summed E-state index contributed by atoms with van der Waals surface area (Å²) >= 11 is 0. The highest BCUT2D eigenvalue weighted by Crippen LogP contribution is 2.08. The van der Waals surface area contributed by atoms with E-state index < -0.39 is 11.2 Å². The van der Waals surface area contributed by atoms with Crippen LogP contribution >= 0.6 is 0 Å². The molecule has 1 aliphatic heterocycles. The molecule has 0 aliphatic carbocycles. The molecule has 0 unspecified atom stereocenters. The fourth-order valence-corrected chi connectivity index (χ4v) is 3.00. The molecular weight excluding hydrogens is 306 g/mol. The molecule has 3 rings (SSSR count). The second kappa shape index (κ2) is 6.86. The van der Waals surface area contributed by atoms with Crippen molar-refractivity contribution in [3.05, 3.63) is 68.5 Å². The van der Waals surface area contributed by atoms with E-state index >= 15 is 0 Å². The fraction of sp³-hybridized carbons (Fsp3) is 0.389. The highest BCUT2D eigenvalue weighted by atomic mass is 16.2. The van der Waals surface area contributed by atoms with Gasteiger partial charge in [-0.05, 0) is 30.9 Å². The van der Waals surface area contributed by atoms with E-state index in [1.807, 2.05) is 31.2 Å². The zero-order valence-corrected chi connectivity index (χ0v) is 13.8. The van der Waals surface area contributed by atoms with Gasteiger partial charge in [-0.2, -0.15) is 0 Å². The van der Waals surface area contributed by atoms with Crippen LogP contribution in [-0.2, 0) is 17.9 Å². The minimum absolute atomic E-state index is 0.166. The summed E-state index contributed by atoms with van der Waals surface area (Å²) in [5, 5.41) is 0. The van der Waals surface area contributed by atoms with Gasteiger partial charge in [0.05, 0.1) is 6.54 Å². The Morgan fingerprint density at radius 1 is 1.08 bits per heavy atom. The first-order valence-corrected chi connectivity index (χ1v) is 8.19. The Bertz CT molecular complexity index is 860. The molecule has 1 fully saturated rings. The van der Waals surface area contributed by atoms with Crippen LogP contribution < -0.4 is 11.2 Å². The SMILES string of the molecule is Cc1ccccc1Cn1ccc(=O)n(CC(=O)N2CCCC2)c1=O. The van der Waals surface area contributed by atoms with Gasteiger partial charge < -0.3 is 4.90 Å². The molecule has 1 saturated heterocycles. The molecule has 1 aromatic heterocycles. The highest BCUT2D eigenvalue weighted by Gasteiger charge is 2.19. The Labute approximate surface area is 140 Å². The molecule has 24 heavy (non-hydrogen) atoms. The Morgan fingerprint density at radius 3 is 2.50 bits per heavy atom. The Hall–Kier alpha value is -2.63. The normalized spacial score (nSPS) is 14.1. The van der Waals surface area contributed by atoms with Gasteiger partial charge in [-0.1, -0.05) is 24.3 Å². The maximum Gasteiger partial charge on any atom is 0.331 e. The molecule has 0 spiro atoms. The Morgan fingerprint density at radius 2 is 1.79 bits per heavy atom. The largest absolute Gasteiger partial charge is 0.341 e. The molecule has 0 saturated carbocycles. The number of hydrogen-bond acceptors (Lipinski definition) is 3. The molecule has 1 aromatic carbocycles. The lowest BCUT2D eigenvalue weighted by atomic mass is 10.1. The monoisotopic (exact) mass is 327 g/mol. The van der Waals surface area contributed by atoms with E-state index in [4.69, 9.17) is 0 Å². The van der Waals surface area contributed by atoms with E-state index in [0.29, 0.717) is 19.6 Å². The van der Waals surface area contributed by atoms with Crippen LogP contribution in [-0.4, -0.2) is 33.0 Å². The second-order valence-electron chi connectivity index (χ2n) is 6.16. The zero-order valence-electron chi connectivity index (χ0n) is 13.8. The fourth-order valence-electron chi connectivity index (χ4n) is 3.00. The summed E-state index contributed by atoms with van der Waals surface area (Å²) in [5.74, 6) is -0.166. The van der Waals surface area contributed by atoms with E-state index in [9.17, 15) is 14.4 Å². The molecule has 126 valence electrons. The van der Waals surface area contributed by atoms with Crippen molar-refractivity contribution in [1.29, 1.82) is 0 Å². The minimum atomic E-state index is -0.446. The van der Waals surface area contributed by atoms with Crippen molar-refractivity contribution < 1.29 is 4.79 Å². The smallest absolute Gasteiger partial charge is 0.331 e. The zero-order chi connectivity index (χ0) is 17.1. The second-order valence-corrected chi connectivity index (χ2v) is 6.16. The van der Waals surface area contributed by atoms with Crippen LogP contribution in [0.2, 0.25) is 0 Å². The van der Waals surface area contributed by atoms with Gasteiger partial charge in [-0.25, -0.2) is 4.79 Å². The van der Waals surface area contributed by atoms with E-state index in [1.54, 1.807) is 4.90 Å². The highest BCUT2D eigenvalue weighted by molar-refractivity contribution is 5.76. The van der Waals surface area contributed by atoms with Gasteiger partial charge in [0.1, 0.15) is 6.54 Å². The van der Waals surface area contributed by atoms with Gasteiger partial charge in [-0.15, -0.1) is 0 Å². The average Bonchev–Trinajstić information content (AvgIpc) is 3.10. The summed E-state index contributed by atoms with van der Waals surface area (Å²) in [4.78, 5) is 38.6. The minimum Gasteiger partial charge on any atom is -0.341 e. The van der Waals surface area contributed by atoms with Crippen LogP contribution in [0.5, 0.6) is 0 Å². The lowest BCUT2D eigenvalue weighted by molar-refractivity contribution is -0.130. The Kier molecular flexibility index (Phi) is 4.64. The first kappa shape index (κ1) is 16.2. The van der Waals surface area contributed by atoms with Crippen molar-refractivity contribution >= 4 is 5.91 Å². The molecule has 0 N–H and O–H groups in total. The number of likely N-dealkylation sites (tertiary alicyclic amines) is 1. The van der Waals surface area contributed by atoms with E-state index in [1.165, 1.54) is 16.8 Å². The van der Waals surface area contributed by atoms with Crippen molar-refractivity contribution in [2.75, 3.05) is 13.1 Å². The predicted octanol–water partition coefficient (Wildman–Crippen LogP) is 0.989. The van der Waals surface area contributed by atoms with Crippen LogP contribution in [0.4, 0.5) is 0 Å². The molecule has 0 atom stereocenters. The van der Waals surface area contributed by atoms with Gasteiger partial charge in [0, 0.05) is 25.4 Å². The molecule has 1 aliphatic rings. The molecular formula is C18H21N3O3. The van der Waals surface area contributed by atoms with Gasteiger partial charge in [0.15, 0.2) is 0 Å². The van der Waals surface area contributed by atoms with Gasteiger partial charge >= 0.3 is 5.69 Å². The predicted molar refractivity (Wildman–Crippen MR) is 91.1 cm³/mol. The van der Waals surface area contributed by atoms with Crippen molar-refractivity contribution in [1.82, 2.24) is 14.0 Å². The van der Waals surface area contributed by atoms with Crippen LogP contribution in [0, 0.1) is 6.92 Å². The van der Waals surface area contributed by atoms with Crippen LogP contribution in [0.3, 0.4) is 0 Å². The number of carbonyl (C=O) groups is 1. The van der Waals surface area contributed by atoms with E-state index in [-0.39, 0.29) is 12.5 Å². The van der Waals surface area contributed by atoms with Crippen LogP contribution in [0.25, 0.3) is 0 Å². The summed E-state index contributed by atoms with van der Waals surface area (Å²) in [6, 6.07) is 9.13. The summed E-state index contributed by atoms with van der Waals surface area (Å²) in [6.07, 6.45) is 3.45. The number of benzene rings is 1. The molecule has 0 bridgehead atoms. The van der Waals surface area contributed by atoms with Gasteiger partial charge in [-0.3, -0.25) is 18.7 Å². The lowest BCUT2D eigenvalue weighted by Crippen LogP contribution is -2.43. The van der Waals surface area contributed by atoms with Gasteiger partial charge in [0.25, 0.3) is 5.56 Å². The summed E-state index contributed by atoms with van der Waals surface area (Å²) in [6.45, 7) is 3.58. The van der Waals surface area contributed by atoms with Crippen molar-refractivity contribution in [2.45, 2.75) is 32.9 Å². The number of carbonyl (C=O) groups excluding carboxylic acids is 1. The van der Waals surface area contributed by atoms with Gasteiger partial charge in [0.2, 0.25) is 5.91 Å². The first-order chi connectivity index (χ1) is 11.6. The number of amides is 1. The van der Waals surface area contributed by atoms with E-state index in [2.05, 4.69) is 0 Å². The third kappa shape index (κ3) is 3.32. The summed E-state index contributed by atoms with van der Waals surface area (Å²) in [7, 11) is 0. The summed E-state index contributed by atoms with van der Waals surface area (Å²) < 4.78 is 2.50. The molecule has 2 aromatic rings. The maximum atomic E-state index is 12.6. The number of rotatable bonds is 4. The number of aromatic nitrogens is 2. The molecule has 6 nitrogen and oxygen atoms in total. The first-order valence-electron chi connectivity index (χ1n) is 8.19. The number of aryl methyl sites for hydroxylation is 1. The molecule has 1 amide bonds. The third-order valence-electron chi connectivity index (χ3n) is 4.49. The van der Waals surface area contributed by atoms with Crippen LogP contribution in [0.1, 0.15) is 24.0 Å². The maximum absolute atomic E-state index is 12.6. The van der Waals surface area contributed by atoms with Crippen molar-refractivity contribution in [2.24, 2.45) is 0 Å². The topological polar surface area (TPSA) is 64.3 Å². The van der Waals surface area contributed by atoms with E-state index in [0.717, 1.165) is 28.5 Å². The molecule has 2 heterocycles. The van der Waals surface area contributed by atoms with Crippen LogP contribution in [0.15, 0.2) is 46.1 Å². The lowest BCUT2D eigenvalue weighted by Gasteiger charge is -2.16. The third-order valence-corrected chi connectivity index (χ3v) is 4.49. The standard InChI is InChI=1S/C18H21N3O3/c1-14-6-2-3-7-15(14)12-20-11-8-16(22)21(18(20)24)13-17(23)19-9-4-5-10-19/h2-3,6-8,11H,4-5,9-10,12-13H2,1H3. The summed E-state index contributed by atoms with van der Waals surface area (Å²) in [5.41, 5.74) is 1.21. The van der Waals surface area contributed by atoms with Crippen molar-refractivity contribution in [3.8, 4) is 0 Å². The number of nitrogens with zero attached hydrogens (tertiary/aromatic N) is 3. The average molecular weight is 327 g/mol. The Balaban J connectivity index is 1.88. The number of hydrogen-bond donors (Lipinski definition) is 0. The van der Waals surface area contributed by atoms with Crippen molar-refractivity contribution in [3.63, 3.8) is 0 Å². The molecule has 6 heteroatoms. The molecule has 0 radical (unpaired) electrons. The quantitative estimate of drug-likeness (QED) is 0.841.